The lowest BCUT2D eigenvalue weighted by atomic mass is 10.1. The summed E-state index contributed by atoms with van der Waals surface area (Å²) in [5.74, 6) is -2.16. The van der Waals surface area contributed by atoms with Gasteiger partial charge in [0.15, 0.2) is 5.78 Å². The number of carbonyl (C=O) groups is 4. The summed E-state index contributed by atoms with van der Waals surface area (Å²) in [6.07, 6.45) is 0.588. The summed E-state index contributed by atoms with van der Waals surface area (Å²) in [4.78, 5) is 55.7. The molecule has 0 unspecified atom stereocenters. The predicted octanol–water partition coefficient (Wildman–Crippen LogP) is 1.58. The van der Waals surface area contributed by atoms with Gasteiger partial charge in [-0.05, 0) is 31.8 Å². The summed E-state index contributed by atoms with van der Waals surface area (Å²) >= 11 is 0. The average Bonchev–Trinajstić information content (AvgIpc) is 2.90. The van der Waals surface area contributed by atoms with E-state index in [1.54, 1.807) is 0 Å². The SMILES string of the molecule is C=NCCCOc1ccc(C(C)=O)cc1C(=O)ON1C(=O)CCC1=O. The Morgan fingerprint density at radius 1 is 1.24 bits per heavy atom. The Kier molecular flexibility index (Phi) is 5.99. The standard InChI is InChI=1S/C17H18N2O6/c1-11(20)12-4-5-14(24-9-3-8-18-2)13(10-12)17(23)25-19-15(21)6-7-16(19)22/h4-5,10H,2-3,6-9H2,1H3. The van der Waals surface area contributed by atoms with E-state index in [9.17, 15) is 19.2 Å². The number of ketones is 1. The molecule has 1 aliphatic rings. The number of carbonyl (C=O) groups excluding carboxylic acids is 4. The van der Waals surface area contributed by atoms with Gasteiger partial charge >= 0.3 is 5.97 Å². The second kappa shape index (κ2) is 8.18. The van der Waals surface area contributed by atoms with Crippen molar-refractivity contribution in [1.82, 2.24) is 5.06 Å². The number of rotatable bonds is 8. The van der Waals surface area contributed by atoms with E-state index in [2.05, 4.69) is 11.7 Å². The van der Waals surface area contributed by atoms with E-state index in [1.807, 2.05) is 0 Å². The summed E-state index contributed by atoms with van der Waals surface area (Å²) in [6.45, 7) is 5.50. The van der Waals surface area contributed by atoms with E-state index in [1.165, 1.54) is 25.1 Å². The fraction of sp³-hybridized carbons (Fsp3) is 0.353. The third kappa shape index (κ3) is 4.50. The molecule has 8 nitrogen and oxygen atoms in total. The van der Waals surface area contributed by atoms with Crippen LogP contribution in [0.25, 0.3) is 0 Å². The molecule has 1 heterocycles. The van der Waals surface area contributed by atoms with Crippen LogP contribution in [0.1, 0.15) is 46.9 Å². The van der Waals surface area contributed by atoms with Crippen LogP contribution in [0.5, 0.6) is 5.75 Å². The predicted molar refractivity (Wildman–Crippen MR) is 87.5 cm³/mol. The summed E-state index contributed by atoms with van der Waals surface area (Å²) in [7, 11) is 0. The highest BCUT2D eigenvalue weighted by atomic mass is 16.7. The largest absolute Gasteiger partial charge is 0.493 e. The second-order valence-corrected chi connectivity index (χ2v) is 5.38. The Hall–Kier alpha value is -3.03. The van der Waals surface area contributed by atoms with Crippen molar-refractivity contribution < 1.29 is 28.8 Å². The molecule has 1 aromatic carbocycles. The van der Waals surface area contributed by atoms with Gasteiger partial charge in [0.05, 0.1) is 6.61 Å². The van der Waals surface area contributed by atoms with Crippen LogP contribution in [0, 0.1) is 0 Å². The van der Waals surface area contributed by atoms with Crippen molar-refractivity contribution >= 4 is 30.3 Å². The number of hydrogen-bond acceptors (Lipinski definition) is 7. The number of amides is 2. The van der Waals surface area contributed by atoms with Crippen molar-refractivity contribution in [3.05, 3.63) is 29.3 Å². The first-order valence-electron chi connectivity index (χ1n) is 7.72. The molecule has 1 aliphatic heterocycles. The van der Waals surface area contributed by atoms with Gasteiger partial charge in [-0.2, -0.15) is 0 Å². The van der Waals surface area contributed by atoms with Crippen LogP contribution in [0.2, 0.25) is 0 Å². The average molecular weight is 346 g/mol. The number of aliphatic imine (C=N–C) groups is 1. The molecule has 0 spiro atoms. The number of benzene rings is 1. The van der Waals surface area contributed by atoms with Gasteiger partial charge in [-0.15, -0.1) is 5.06 Å². The molecule has 2 amide bonds. The third-order valence-corrected chi connectivity index (χ3v) is 3.50. The lowest BCUT2D eigenvalue weighted by molar-refractivity contribution is -0.172. The zero-order valence-corrected chi connectivity index (χ0v) is 13.8. The Morgan fingerprint density at radius 2 is 1.92 bits per heavy atom. The van der Waals surface area contributed by atoms with Gasteiger partial charge in [0.2, 0.25) is 0 Å². The Balaban J connectivity index is 2.21. The van der Waals surface area contributed by atoms with Crippen LogP contribution in [0.3, 0.4) is 0 Å². The Labute approximate surface area is 144 Å². The second-order valence-electron chi connectivity index (χ2n) is 5.38. The lowest BCUT2D eigenvalue weighted by Gasteiger charge is -2.15. The molecule has 25 heavy (non-hydrogen) atoms. The van der Waals surface area contributed by atoms with Crippen molar-refractivity contribution in [2.75, 3.05) is 13.2 Å². The molecule has 0 aromatic heterocycles. The van der Waals surface area contributed by atoms with Crippen LogP contribution in [-0.4, -0.2) is 48.5 Å². The van der Waals surface area contributed by atoms with E-state index in [0.717, 1.165) is 0 Å². The normalized spacial score (nSPS) is 13.7. The topological polar surface area (TPSA) is 102 Å². The van der Waals surface area contributed by atoms with Crippen LogP contribution >= 0.6 is 0 Å². The minimum absolute atomic E-state index is 0.00247. The first-order valence-corrected chi connectivity index (χ1v) is 7.72. The van der Waals surface area contributed by atoms with Gasteiger partial charge in [-0.3, -0.25) is 14.4 Å². The minimum Gasteiger partial charge on any atom is -0.493 e. The van der Waals surface area contributed by atoms with E-state index in [-0.39, 0.29) is 42.1 Å². The fourth-order valence-corrected chi connectivity index (χ4v) is 2.18. The molecule has 0 saturated carbocycles. The van der Waals surface area contributed by atoms with Crippen LogP contribution in [-0.2, 0) is 14.4 Å². The Bertz CT molecular complexity index is 712. The molecule has 2 rings (SSSR count). The summed E-state index contributed by atoms with van der Waals surface area (Å²) in [5.41, 5.74) is 0.248. The molecule has 8 heteroatoms. The molecule has 0 aliphatic carbocycles. The molecule has 0 radical (unpaired) electrons. The first kappa shape index (κ1) is 18.3. The molecule has 1 saturated heterocycles. The molecule has 0 atom stereocenters. The van der Waals surface area contributed by atoms with E-state index < -0.39 is 17.8 Å². The summed E-state index contributed by atoms with van der Waals surface area (Å²) in [6, 6.07) is 4.31. The smallest absolute Gasteiger partial charge is 0.367 e. The number of nitrogens with zero attached hydrogens (tertiary/aromatic N) is 2. The Morgan fingerprint density at radius 3 is 2.52 bits per heavy atom. The molecule has 1 aromatic rings. The maximum atomic E-state index is 12.4. The number of hydroxylamine groups is 2. The maximum Gasteiger partial charge on any atom is 0.367 e. The fourth-order valence-electron chi connectivity index (χ4n) is 2.18. The van der Waals surface area contributed by atoms with Gasteiger partial charge in [0.25, 0.3) is 11.8 Å². The van der Waals surface area contributed by atoms with Crippen LogP contribution < -0.4 is 4.74 Å². The van der Waals surface area contributed by atoms with Crippen LogP contribution in [0.4, 0.5) is 0 Å². The third-order valence-electron chi connectivity index (χ3n) is 3.50. The molecule has 0 bridgehead atoms. The lowest BCUT2D eigenvalue weighted by Crippen LogP contribution is -2.32. The molecule has 132 valence electrons. The van der Waals surface area contributed by atoms with Gasteiger partial charge < -0.3 is 14.6 Å². The van der Waals surface area contributed by atoms with Crippen molar-refractivity contribution in [2.45, 2.75) is 26.2 Å². The molecule has 0 N–H and O–H groups in total. The molecular weight excluding hydrogens is 328 g/mol. The summed E-state index contributed by atoms with van der Waals surface area (Å²) in [5, 5.41) is 0.453. The van der Waals surface area contributed by atoms with Crippen molar-refractivity contribution in [1.29, 1.82) is 0 Å². The quantitative estimate of drug-likeness (QED) is 0.306. The van der Waals surface area contributed by atoms with Gasteiger partial charge in [0.1, 0.15) is 11.3 Å². The molecular formula is C17H18N2O6. The zero-order valence-electron chi connectivity index (χ0n) is 13.8. The van der Waals surface area contributed by atoms with Crippen LogP contribution in [0.15, 0.2) is 23.2 Å². The van der Waals surface area contributed by atoms with Gasteiger partial charge in [0, 0.05) is 31.4 Å². The number of imide groups is 1. The molecule has 1 fully saturated rings. The minimum atomic E-state index is -0.941. The van der Waals surface area contributed by atoms with Crippen molar-refractivity contribution in [3.8, 4) is 5.75 Å². The van der Waals surface area contributed by atoms with E-state index in [0.29, 0.717) is 18.0 Å². The maximum absolute atomic E-state index is 12.4. The van der Waals surface area contributed by atoms with Crippen molar-refractivity contribution in [2.24, 2.45) is 4.99 Å². The van der Waals surface area contributed by atoms with E-state index in [4.69, 9.17) is 9.57 Å². The number of Topliss-reactive ketones (excluding diaryl/α,β-unsaturated/α-hetero) is 1. The van der Waals surface area contributed by atoms with E-state index >= 15 is 0 Å². The number of hydrogen-bond donors (Lipinski definition) is 0. The highest BCUT2D eigenvalue weighted by Gasteiger charge is 2.33. The van der Waals surface area contributed by atoms with Gasteiger partial charge in [-0.1, -0.05) is 0 Å². The first-order chi connectivity index (χ1) is 11.9. The summed E-state index contributed by atoms with van der Waals surface area (Å²) < 4.78 is 5.52. The number of ether oxygens (including phenoxy) is 1. The highest BCUT2D eigenvalue weighted by molar-refractivity contribution is 6.04. The van der Waals surface area contributed by atoms with Gasteiger partial charge in [-0.25, -0.2) is 4.79 Å². The monoisotopic (exact) mass is 346 g/mol. The van der Waals surface area contributed by atoms with Crippen molar-refractivity contribution in [3.63, 3.8) is 0 Å². The highest BCUT2D eigenvalue weighted by Crippen LogP contribution is 2.23. The zero-order chi connectivity index (χ0) is 18.4.